The maximum Gasteiger partial charge on any atom is 0.0674 e. The molecule has 1 unspecified atom stereocenters. The molecule has 0 aliphatic heterocycles. The number of nitrogens with two attached hydrogens (primary N) is 1. The van der Waals surface area contributed by atoms with Gasteiger partial charge in [-0.15, -0.1) is 0 Å². The van der Waals surface area contributed by atoms with E-state index < -0.39 is 0 Å². The maximum atomic E-state index is 5.91. The summed E-state index contributed by atoms with van der Waals surface area (Å²) < 4.78 is 0. The minimum Gasteiger partial charge on any atom is -0.329 e. The van der Waals surface area contributed by atoms with Crippen LogP contribution in [-0.2, 0) is 0 Å². The molecule has 3 aromatic rings. The first kappa shape index (κ1) is 11.8. The van der Waals surface area contributed by atoms with E-state index in [0.717, 1.165) is 5.69 Å². The van der Waals surface area contributed by atoms with Crippen molar-refractivity contribution < 1.29 is 0 Å². The van der Waals surface area contributed by atoms with Crippen LogP contribution in [0, 0.1) is 0 Å². The van der Waals surface area contributed by atoms with Crippen molar-refractivity contribution in [3.8, 4) is 0 Å². The van der Waals surface area contributed by atoms with E-state index in [4.69, 9.17) is 5.73 Å². The van der Waals surface area contributed by atoms with Crippen LogP contribution >= 0.6 is 0 Å². The van der Waals surface area contributed by atoms with Gasteiger partial charge >= 0.3 is 0 Å². The third-order valence-corrected chi connectivity index (χ3v) is 3.35. The highest BCUT2D eigenvalue weighted by Crippen LogP contribution is 2.25. The fraction of sp³-hybridized carbons (Fsp3) is 0.125. The first-order chi connectivity index (χ1) is 9.38. The Bertz CT molecular complexity index is 680. The minimum atomic E-state index is 0.0957. The Morgan fingerprint density at radius 2 is 1.84 bits per heavy atom. The van der Waals surface area contributed by atoms with E-state index in [1.165, 1.54) is 16.3 Å². The van der Waals surface area contributed by atoms with E-state index in [2.05, 4.69) is 40.3 Å². The predicted octanol–water partition coefficient (Wildman–Crippen LogP) is 2.72. The largest absolute Gasteiger partial charge is 0.329 e. The van der Waals surface area contributed by atoms with Crippen molar-refractivity contribution in [3.63, 3.8) is 0 Å². The predicted molar refractivity (Wildman–Crippen MR) is 76.9 cm³/mol. The van der Waals surface area contributed by atoms with Crippen LogP contribution in [0.4, 0.5) is 0 Å². The fourth-order valence-corrected chi connectivity index (χ4v) is 2.34. The molecule has 0 saturated carbocycles. The van der Waals surface area contributed by atoms with Crippen LogP contribution in [-0.4, -0.2) is 16.5 Å². The zero-order valence-corrected chi connectivity index (χ0v) is 10.5. The second kappa shape index (κ2) is 5.16. The second-order valence-corrected chi connectivity index (χ2v) is 4.53. The normalized spacial score (nSPS) is 12.5. The smallest absolute Gasteiger partial charge is 0.0674 e. The molecular formula is C16H15N3. The van der Waals surface area contributed by atoms with Crippen molar-refractivity contribution in [2.24, 2.45) is 5.73 Å². The van der Waals surface area contributed by atoms with E-state index >= 15 is 0 Å². The van der Waals surface area contributed by atoms with E-state index in [1.807, 2.05) is 12.1 Å². The summed E-state index contributed by atoms with van der Waals surface area (Å²) in [5.74, 6) is 0.0957. The third kappa shape index (κ3) is 2.33. The van der Waals surface area contributed by atoms with Gasteiger partial charge in [-0.3, -0.25) is 9.97 Å². The van der Waals surface area contributed by atoms with Crippen molar-refractivity contribution >= 4 is 10.8 Å². The van der Waals surface area contributed by atoms with Gasteiger partial charge in [0.15, 0.2) is 0 Å². The lowest BCUT2D eigenvalue weighted by Crippen LogP contribution is -2.15. The Hall–Kier alpha value is -2.26. The lowest BCUT2D eigenvalue weighted by Gasteiger charge is -2.14. The van der Waals surface area contributed by atoms with Gasteiger partial charge < -0.3 is 5.73 Å². The number of hydrogen-bond acceptors (Lipinski definition) is 3. The number of fused-ring (bicyclic) bond motifs is 1. The summed E-state index contributed by atoms with van der Waals surface area (Å²) in [5.41, 5.74) is 8.01. The Morgan fingerprint density at radius 1 is 1.00 bits per heavy atom. The Balaban J connectivity index is 2.06. The van der Waals surface area contributed by atoms with Gasteiger partial charge in [0.2, 0.25) is 0 Å². The van der Waals surface area contributed by atoms with Gasteiger partial charge in [-0.1, -0.05) is 42.5 Å². The molecule has 0 aliphatic carbocycles. The van der Waals surface area contributed by atoms with Crippen molar-refractivity contribution in [2.75, 3.05) is 6.54 Å². The Labute approximate surface area is 112 Å². The van der Waals surface area contributed by atoms with Crippen molar-refractivity contribution in [1.82, 2.24) is 9.97 Å². The van der Waals surface area contributed by atoms with E-state index in [1.54, 1.807) is 18.6 Å². The van der Waals surface area contributed by atoms with Crippen LogP contribution in [0.1, 0.15) is 17.2 Å². The molecule has 0 amide bonds. The first-order valence-corrected chi connectivity index (χ1v) is 6.33. The fourth-order valence-electron chi connectivity index (χ4n) is 2.34. The molecule has 0 aliphatic rings. The van der Waals surface area contributed by atoms with Crippen LogP contribution in [0.15, 0.2) is 61.1 Å². The molecule has 0 saturated heterocycles. The molecule has 2 N–H and O–H groups in total. The molecule has 3 nitrogen and oxygen atoms in total. The van der Waals surface area contributed by atoms with E-state index in [0.29, 0.717) is 6.54 Å². The van der Waals surface area contributed by atoms with Gasteiger partial charge in [-0.25, -0.2) is 0 Å². The molecule has 3 rings (SSSR count). The number of hydrogen-bond donors (Lipinski definition) is 1. The summed E-state index contributed by atoms with van der Waals surface area (Å²) in [5, 5.41) is 2.46. The van der Waals surface area contributed by atoms with Crippen LogP contribution in [0.5, 0.6) is 0 Å². The molecule has 94 valence electrons. The molecule has 1 aromatic heterocycles. The molecule has 0 radical (unpaired) electrons. The lowest BCUT2D eigenvalue weighted by atomic mass is 9.94. The van der Waals surface area contributed by atoms with Gasteiger partial charge in [0.25, 0.3) is 0 Å². The van der Waals surface area contributed by atoms with Crippen LogP contribution in [0.2, 0.25) is 0 Å². The second-order valence-electron chi connectivity index (χ2n) is 4.53. The minimum absolute atomic E-state index is 0.0957. The summed E-state index contributed by atoms with van der Waals surface area (Å²) >= 11 is 0. The van der Waals surface area contributed by atoms with Gasteiger partial charge in [0.1, 0.15) is 0 Å². The Kier molecular flexibility index (Phi) is 3.21. The highest BCUT2D eigenvalue weighted by atomic mass is 14.8. The van der Waals surface area contributed by atoms with E-state index in [9.17, 15) is 0 Å². The number of aromatic nitrogens is 2. The summed E-state index contributed by atoms with van der Waals surface area (Å²) in [7, 11) is 0. The molecule has 19 heavy (non-hydrogen) atoms. The monoisotopic (exact) mass is 249 g/mol. The highest BCUT2D eigenvalue weighted by Gasteiger charge is 2.14. The number of rotatable bonds is 3. The Morgan fingerprint density at radius 3 is 2.58 bits per heavy atom. The van der Waals surface area contributed by atoms with E-state index in [-0.39, 0.29) is 5.92 Å². The van der Waals surface area contributed by atoms with Gasteiger partial charge in [-0.05, 0) is 16.3 Å². The zero-order chi connectivity index (χ0) is 13.1. The van der Waals surface area contributed by atoms with Gasteiger partial charge in [0.05, 0.1) is 5.69 Å². The SMILES string of the molecule is NCC(c1ccc2ccccc2c1)c1cnccn1. The summed E-state index contributed by atoms with van der Waals surface area (Å²) in [6.45, 7) is 0.525. The van der Waals surface area contributed by atoms with Crippen LogP contribution in [0.25, 0.3) is 10.8 Å². The zero-order valence-electron chi connectivity index (χ0n) is 10.5. The van der Waals surface area contributed by atoms with Crippen molar-refractivity contribution in [2.45, 2.75) is 5.92 Å². The summed E-state index contributed by atoms with van der Waals surface area (Å²) in [4.78, 5) is 8.49. The lowest BCUT2D eigenvalue weighted by molar-refractivity contribution is 0.780. The molecule has 1 heterocycles. The van der Waals surface area contributed by atoms with Gasteiger partial charge in [-0.2, -0.15) is 0 Å². The average Bonchev–Trinajstić information content (AvgIpc) is 2.49. The van der Waals surface area contributed by atoms with Crippen molar-refractivity contribution in [1.29, 1.82) is 0 Å². The maximum absolute atomic E-state index is 5.91. The molecule has 0 bridgehead atoms. The standard InChI is InChI=1S/C16H15N3/c17-10-15(16-11-18-7-8-19-16)14-6-5-12-3-1-2-4-13(12)9-14/h1-9,11,15H,10,17H2. The third-order valence-electron chi connectivity index (χ3n) is 3.35. The average molecular weight is 249 g/mol. The quantitative estimate of drug-likeness (QED) is 0.776. The summed E-state index contributed by atoms with van der Waals surface area (Å²) in [6.07, 6.45) is 5.17. The first-order valence-electron chi connectivity index (χ1n) is 6.33. The molecule has 3 heteroatoms. The van der Waals surface area contributed by atoms with Crippen molar-refractivity contribution in [3.05, 3.63) is 72.3 Å². The van der Waals surface area contributed by atoms with Crippen LogP contribution < -0.4 is 5.73 Å². The molecule has 2 aromatic carbocycles. The molecular weight excluding hydrogens is 234 g/mol. The number of nitrogens with zero attached hydrogens (tertiary/aromatic N) is 2. The number of benzene rings is 2. The van der Waals surface area contributed by atoms with Crippen LogP contribution in [0.3, 0.4) is 0 Å². The summed E-state index contributed by atoms with van der Waals surface area (Å²) in [6, 6.07) is 14.7. The highest BCUT2D eigenvalue weighted by molar-refractivity contribution is 5.83. The molecule has 0 spiro atoms. The van der Waals surface area contributed by atoms with Gasteiger partial charge in [0, 0.05) is 31.1 Å². The topological polar surface area (TPSA) is 51.8 Å². The molecule has 0 fully saturated rings. The molecule has 1 atom stereocenters.